The molecule has 0 saturated carbocycles. The third-order valence-electron chi connectivity index (χ3n) is 1.39. The second-order valence-electron chi connectivity index (χ2n) is 2.26. The van der Waals surface area contributed by atoms with E-state index in [9.17, 15) is 0 Å². The van der Waals surface area contributed by atoms with Crippen LogP contribution in [0, 0.1) is 0 Å². The molecule has 0 saturated heterocycles. The molecule has 0 aliphatic carbocycles. The van der Waals surface area contributed by atoms with Crippen LogP contribution in [0.1, 0.15) is 17.4 Å². The van der Waals surface area contributed by atoms with Crippen molar-refractivity contribution in [2.24, 2.45) is 5.73 Å². The van der Waals surface area contributed by atoms with Crippen molar-refractivity contribution in [1.82, 2.24) is 0 Å². The van der Waals surface area contributed by atoms with Gasteiger partial charge in [0.15, 0.2) is 0 Å². The van der Waals surface area contributed by atoms with E-state index in [1.807, 2.05) is 6.92 Å². The van der Waals surface area contributed by atoms with Crippen molar-refractivity contribution in [2.75, 3.05) is 6.61 Å². The topological polar surface area (TPSA) is 35.2 Å². The van der Waals surface area contributed by atoms with Crippen molar-refractivity contribution < 1.29 is 4.74 Å². The van der Waals surface area contributed by atoms with Crippen molar-refractivity contribution in [3.05, 3.63) is 21.9 Å². The van der Waals surface area contributed by atoms with Gasteiger partial charge in [-0.25, -0.2) is 0 Å². The van der Waals surface area contributed by atoms with Crippen LogP contribution in [0.15, 0.2) is 11.4 Å². The summed E-state index contributed by atoms with van der Waals surface area (Å²) >= 11 is 1.71. The molecule has 2 nitrogen and oxygen atoms in total. The fourth-order valence-corrected chi connectivity index (χ4v) is 1.65. The van der Waals surface area contributed by atoms with Gasteiger partial charge in [0.25, 0.3) is 0 Å². The summed E-state index contributed by atoms with van der Waals surface area (Å²) in [5, 5.41) is 2.08. The second-order valence-corrected chi connectivity index (χ2v) is 3.26. The highest BCUT2D eigenvalue weighted by Gasteiger charge is 1.96. The fourth-order valence-electron chi connectivity index (χ4n) is 0.812. The lowest BCUT2D eigenvalue weighted by molar-refractivity contribution is 0.136. The first-order chi connectivity index (χ1) is 5.36. The van der Waals surface area contributed by atoms with Gasteiger partial charge in [-0.05, 0) is 23.9 Å². The Morgan fingerprint density at radius 2 is 2.45 bits per heavy atom. The second kappa shape index (κ2) is 4.49. The van der Waals surface area contributed by atoms with E-state index in [1.54, 1.807) is 11.3 Å². The molecule has 1 rings (SSSR count). The van der Waals surface area contributed by atoms with Crippen LogP contribution in [0.2, 0.25) is 0 Å². The number of rotatable bonds is 4. The van der Waals surface area contributed by atoms with Crippen molar-refractivity contribution in [3.8, 4) is 0 Å². The summed E-state index contributed by atoms with van der Waals surface area (Å²) in [6.07, 6.45) is 0. The molecule has 1 aromatic heterocycles. The van der Waals surface area contributed by atoms with Crippen LogP contribution in [0.3, 0.4) is 0 Å². The molecular weight excluding hydrogens is 158 g/mol. The van der Waals surface area contributed by atoms with Crippen LogP contribution in [0.25, 0.3) is 0 Å². The average molecular weight is 171 g/mol. The summed E-state index contributed by atoms with van der Waals surface area (Å²) in [7, 11) is 0. The predicted molar refractivity (Wildman–Crippen MR) is 47.5 cm³/mol. The summed E-state index contributed by atoms with van der Waals surface area (Å²) < 4.78 is 5.25. The molecule has 0 radical (unpaired) electrons. The molecule has 62 valence electrons. The van der Waals surface area contributed by atoms with Crippen LogP contribution in [-0.4, -0.2) is 6.61 Å². The Kier molecular flexibility index (Phi) is 3.56. The van der Waals surface area contributed by atoms with Gasteiger partial charge in [0.1, 0.15) is 0 Å². The maximum absolute atomic E-state index is 5.46. The standard InChI is InChI=1S/C8H13NOS/c1-2-10-5-8-3-7(4-9)6-11-8/h3,6H,2,4-5,9H2,1H3. The first-order valence-corrected chi connectivity index (χ1v) is 4.59. The third-order valence-corrected chi connectivity index (χ3v) is 2.35. The van der Waals surface area contributed by atoms with Gasteiger partial charge in [0.05, 0.1) is 6.61 Å². The zero-order valence-electron chi connectivity index (χ0n) is 6.67. The zero-order chi connectivity index (χ0) is 8.10. The normalized spacial score (nSPS) is 10.4. The Hall–Kier alpha value is -0.380. The highest BCUT2D eigenvalue weighted by Crippen LogP contribution is 2.14. The van der Waals surface area contributed by atoms with Gasteiger partial charge in [-0.3, -0.25) is 0 Å². The highest BCUT2D eigenvalue weighted by molar-refractivity contribution is 7.10. The molecule has 0 bridgehead atoms. The molecule has 0 unspecified atom stereocenters. The van der Waals surface area contributed by atoms with Gasteiger partial charge in [0, 0.05) is 18.0 Å². The van der Waals surface area contributed by atoms with E-state index in [0.717, 1.165) is 13.2 Å². The van der Waals surface area contributed by atoms with E-state index in [1.165, 1.54) is 10.4 Å². The third kappa shape index (κ3) is 2.61. The van der Waals surface area contributed by atoms with Crippen molar-refractivity contribution in [3.63, 3.8) is 0 Å². The summed E-state index contributed by atoms with van der Waals surface area (Å²) in [5.41, 5.74) is 6.66. The molecule has 0 amide bonds. The Labute approximate surface area is 71.0 Å². The van der Waals surface area contributed by atoms with Gasteiger partial charge < -0.3 is 10.5 Å². The summed E-state index contributed by atoms with van der Waals surface area (Å²) in [6, 6.07) is 2.10. The maximum Gasteiger partial charge on any atom is 0.0809 e. The van der Waals surface area contributed by atoms with Gasteiger partial charge in [0.2, 0.25) is 0 Å². The minimum atomic E-state index is 0.628. The van der Waals surface area contributed by atoms with E-state index < -0.39 is 0 Å². The Morgan fingerprint density at radius 1 is 1.64 bits per heavy atom. The minimum Gasteiger partial charge on any atom is -0.376 e. The smallest absolute Gasteiger partial charge is 0.0809 e. The largest absolute Gasteiger partial charge is 0.376 e. The predicted octanol–water partition coefficient (Wildman–Crippen LogP) is 1.74. The van der Waals surface area contributed by atoms with Gasteiger partial charge >= 0.3 is 0 Å². The molecular formula is C8H13NOS. The molecule has 3 heteroatoms. The molecule has 0 aromatic carbocycles. The van der Waals surface area contributed by atoms with Crippen LogP contribution >= 0.6 is 11.3 Å². The summed E-state index contributed by atoms with van der Waals surface area (Å²) in [5.74, 6) is 0. The number of thiophene rings is 1. The van der Waals surface area contributed by atoms with E-state index in [2.05, 4.69) is 11.4 Å². The zero-order valence-corrected chi connectivity index (χ0v) is 7.49. The van der Waals surface area contributed by atoms with Crippen LogP contribution in [0.5, 0.6) is 0 Å². The fraction of sp³-hybridized carbons (Fsp3) is 0.500. The van der Waals surface area contributed by atoms with Gasteiger partial charge in [-0.15, -0.1) is 11.3 Å². The first kappa shape index (κ1) is 8.71. The quantitative estimate of drug-likeness (QED) is 0.749. The van der Waals surface area contributed by atoms with Crippen LogP contribution in [0.4, 0.5) is 0 Å². The first-order valence-electron chi connectivity index (χ1n) is 3.71. The molecule has 1 heterocycles. The van der Waals surface area contributed by atoms with Crippen LogP contribution in [-0.2, 0) is 17.9 Å². The number of hydrogen-bond acceptors (Lipinski definition) is 3. The average Bonchev–Trinajstić information content (AvgIpc) is 2.48. The van der Waals surface area contributed by atoms with E-state index in [4.69, 9.17) is 10.5 Å². The van der Waals surface area contributed by atoms with Gasteiger partial charge in [-0.2, -0.15) is 0 Å². The Morgan fingerprint density at radius 3 is 3.00 bits per heavy atom. The summed E-state index contributed by atoms with van der Waals surface area (Å²) in [6.45, 7) is 4.12. The van der Waals surface area contributed by atoms with Crippen molar-refractivity contribution in [1.29, 1.82) is 0 Å². The van der Waals surface area contributed by atoms with Crippen molar-refractivity contribution in [2.45, 2.75) is 20.1 Å². The number of nitrogens with two attached hydrogens (primary N) is 1. The Bertz CT molecular complexity index is 210. The highest BCUT2D eigenvalue weighted by atomic mass is 32.1. The lowest BCUT2D eigenvalue weighted by Crippen LogP contribution is -1.93. The molecule has 0 spiro atoms. The molecule has 0 aliphatic heterocycles. The molecule has 0 aliphatic rings. The molecule has 11 heavy (non-hydrogen) atoms. The summed E-state index contributed by atoms with van der Waals surface area (Å²) in [4.78, 5) is 1.26. The minimum absolute atomic E-state index is 0.628. The maximum atomic E-state index is 5.46. The van der Waals surface area contributed by atoms with E-state index in [-0.39, 0.29) is 0 Å². The molecule has 0 atom stereocenters. The lowest BCUT2D eigenvalue weighted by Gasteiger charge is -1.95. The van der Waals surface area contributed by atoms with Gasteiger partial charge in [-0.1, -0.05) is 0 Å². The number of hydrogen-bond donors (Lipinski definition) is 1. The lowest BCUT2D eigenvalue weighted by atomic mass is 10.3. The van der Waals surface area contributed by atoms with Crippen molar-refractivity contribution >= 4 is 11.3 Å². The molecule has 1 aromatic rings. The number of ether oxygens (including phenoxy) is 1. The van der Waals surface area contributed by atoms with Crippen LogP contribution < -0.4 is 5.73 Å². The molecule has 0 fully saturated rings. The van der Waals surface area contributed by atoms with E-state index >= 15 is 0 Å². The van der Waals surface area contributed by atoms with E-state index in [0.29, 0.717) is 6.54 Å². The SMILES string of the molecule is CCOCc1cc(CN)cs1. The Balaban J connectivity index is 2.44. The molecule has 2 N–H and O–H groups in total. The monoisotopic (exact) mass is 171 g/mol.